The summed E-state index contributed by atoms with van der Waals surface area (Å²) in [6.45, 7) is 6.84. The van der Waals surface area contributed by atoms with Gasteiger partial charge in [0, 0.05) is 11.0 Å². The monoisotopic (exact) mass is 282 g/mol. The lowest BCUT2D eigenvalue weighted by molar-refractivity contribution is -0.164. The lowest BCUT2D eigenvalue weighted by atomic mass is 9.99. The SMILES string of the molecule is CCC(C)(CCOC(C)(C)O[P+](=O)O)OC(N)=O. The fraction of sp³-hybridized carbons (Fsp3) is 0.900. The lowest BCUT2D eigenvalue weighted by Gasteiger charge is -2.28. The predicted molar refractivity (Wildman–Crippen MR) is 64.9 cm³/mol. The molecule has 0 aliphatic heterocycles. The molecule has 1 amide bonds. The molecule has 0 rings (SSSR count). The van der Waals surface area contributed by atoms with E-state index < -0.39 is 25.7 Å². The number of carbonyl (C=O) groups excluding carboxylic acids is 1. The van der Waals surface area contributed by atoms with Crippen LogP contribution in [-0.4, -0.2) is 29.0 Å². The molecular weight excluding hydrogens is 261 g/mol. The lowest BCUT2D eigenvalue weighted by Crippen LogP contribution is -2.36. The molecule has 0 bridgehead atoms. The Morgan fingerprint density at radius 2 is 1.94 bits per heavy atom. The minimum Gasteiger partial charge on any atom is -0.443 e. The zero-order valence-corrected chi connectivity index (χ0v) is 12.0. The summed E-state index contributed by atoms with van der Waals surface area (Å²) in [5.74, 6) is -1.18. The van der Waals surface area contributed by atoms with Crippen LogP contribution in [0.15, 0.2) is 0 Å². The molecule has 2 atom stereocenters. The Balaban J connectivity index is 4.22. The first-order chi connectivity index (χ1) is 8.10. The quantitative estimate of drug-likeness (QED) is 0.521. The average Bonchev–Trinajstić information content (AvgIpc) is 2.13. The van der Waals surface area contributed by atoms with Crippen molar-refractivity contribution in [3.8, 4) is 0 Å². The van der Waals surface area contributed by atoms with E-state index in [1.807, 2.05) is 6.92 Å². The molecule has 0 radical (unpaired) electrons. The van der Waals surface area contributed by atoms with Crippen LogP contribution in [0.4, 0.5) is 4.79 Å². The number of nitrogens with two attached hydrogens (primary N) is 1. The Bertz CT molecular complexity index is 309. The van der Waals surface area contributed by atoms with Crippen LogP contribution in [-0.2, 0) is 18.6 Å². The van der Waals surface area contributed by atoms with Crippen molar-refractivity contribution in [1.82, 2.24) is 0 Å². The van der Waals surface area contributed by atoms with Crippen molar-refractivity contribution in [3.63, 3.8) is 0 Å². The fourth-order valence-electron chi connectivity index (χ4n) is 1.27. The average molecular weight is 282 g/mol. The highest BCUT2D eigenvalue weighted by Gasteiger charge is 2.33. The zero-order valence-electron chi connectivity index (χ0n) is 11.1. The highest BCUT2D eigenvalue weighted by Crippen LogP contribution is 2.28. The first-order valence-electron chi connectivity index (χ1n) is 5.58. The van der Waals surface area contributed by atoms with Gasteiger partial charge in [0.25, 0.3) is 0 Å². The van der Waals surface area contributed by atoms with Crippen molar-refractivity contribution in [1.29, 1.82) is 0 Å². The molecule has 0 aliphatic rings. The minimum absolute atomic E-state index is 0.202. The van der Waals surface area contributed by atoms with Crippen molar-refractivity contribution in [3.05, 3.63) is 0 Å². The summed E-state index contributed by atoms with van der Waals surface area (Å²) in [4.78, 5) is 19.4. The van der Waals surface area contributed by atoms with Crippen LogP contribution in [0.5, 0.6) is 0 Å². The van der Waals surface area contributed by atoms with Crippen LogP contribution in [0.3, 0.4) is 0 Å². The molecule has 0 aromatic carbocycles. The van der Waals surface area contributed by atoms with E-state index in [4.69, 9.17) is 20.1 Å². The number of hydrogen-bond acceptors (Lipinski definition) is 5. The van der Waals surface area contributed by atoms with Crippen LogP contribution >= 0.6 is 8.25 Å². The van der Waals surface area contributed by atoms with E-state index >= 15 is 0 Å². The predicted octanol–water partition coefficient (Wildman–Crippen LogP) is 2.06. The Kier molecular flexibility index (Phi) is 6.70. The molecule has 0 saturated carbocycles. The zero-order chi connectivity index (χ0) is 14.4. The molecule has 0 heterocycles. The number of rotatable bonds is 8. The van der Waals surface area contributed by atoms with Crippen molar-refractivity contribution in [2.24, 2.45) is 5.73 Å². The normalized spacial score (nSPS) is 15.9. The third-order valence-corrected chi connectivity index (χ3v) is 3.07. The third-order valence-electron chi connectivity index (χ3n) is 2.47. The van der Waals surface area contributed by atoms with E-state index in [0.717, 1.165) is 0 Å². The number of carbonyl (C=O) groups is 1. The summed E-state index contributed by atoms with van der Waals surface area (Å²) in [6, 6.07) is 0. The maximum absolute atomic E-state index is 10.7. The molecule has 2 unspecified atom stereocenters. The second-order valence-electron chi connectivity index (χ2n) is 4.55. The van der Waals surface area contributed by atoms with Gasteiger partial charge in [-0.1, -0.05) is 11.4 Å². The van der Waals surface area contributed by atoms with Gasteiger partial charge in [-0.05, 0) is 27.2 Å². The molecular formula is C10H21NO6P+. The van der Waals surface area contributed by atoms with Gasteiger partial charge in [0.15, 0.2) is 0 Å². The van der Waals surface area contributed by atoms with E-state index in [-0.39, 0.29) is 6.61 Å². The first-order valence-corrected chi connectivity index (χ1v) is 6.71. The minimum atomic E-state index is -2.73. The van der Waals surface area contributed by atoms with E-state index in [0.29, 0.717) is 12.8 Å². The number of primary amides is 1. The van der Waals surface area contributed by atoms with Crippen LogP contribution < -0.4 is 5.73 Å². The number of hydrogen-bond donors (Lipinski definition) is 2. The Hall–Kier alpha value is -0.750. The van der Waals surface area contributed by atoms with Gasteiger partial charge in [0.1, 0.15) is 5.60 Å². The summed E-state index contributed by atoms with van der Waals surface area (Å²) in [5, 5.41) is 0. The topological polar surface area (TPSA) is 108 Å². The van der Waals surface area contributed by atoms with Gasteiger partial charge in [-0.3, -0.25) is 0 Å². The van der Waals surface area contributed by atoms with Gasteiger partial charge >= 0.3 is 14.3 Å². The number of amides is 1. The summed E-state index contributed by atoms with van der Waals surface area (Å²) in [5.41, 5.74) is 4.26. The molecule has 106 valence electrons. The van der Waals surface area contributed by atoms with Crippen molar-refractivity contribution < 1.29 is 28.3 Å². The van der Waals surface area contributed by atoms with E-state index in [1.54, 1.807) is 6.92 Å². The molecule has 0 aromatic heterocycles. The summed E-state index contributed by atoms with van der Waals surface area (Å²) in [6.07, 6.45) is 0.143. The second kappa shape index (κ2) is 6.99. The Morgan fingerprint density at radius 3 is 2.33 bits per heavy atom. The Labute approximate surface area is 108 Å². The maximum atomic E-state index is 10.7. The summed E-state index contributed by atoms with van der Waals surface area (Å²) >= 11 is 0. The van der Waals surface area contributed by atoms with Gasteiger partial charge in [0.2, 0.25) is 5.79 Å². The smallest absolute Gasteiger partial charge is 0.443 e. The van der Waals surface area contributed by atoms with Gasteiger partial charge < -0.3 is 15.2 Å². The van der Waals surface area contributed by atoms with Gasteiger partial charge in [-0.2, -0.15) is 0 Å². The van der Waals surface area contributed by atoms with Crippen LogP contribution in [0.2, 0.25) is 0 Å². The number of ether oxygens (including phenoxy) is 2. The maximum Gasteiger partial charge on any atom is 0.697 e. The van der Waals surface area contributed by atoms with Crippen molar-refractivity contribution >= 4 is 14.3 Å². The second-order valence-corrected chi connectivity index (χ2v) is 5.21. The van der Waals surface area contributed by atoms with Crippen molar-refractivity contribution in [2.75, 3.05) is 6.61 Å². The molecule has 0 aromatic rings. The highest BCUT2D eigenvalue weighted by molar-refractivity contribution is 7.32. The third kappa shape index (κ3) is 7.55. The van der Waals surface area contributed by atoms with E-state index in [9.17, 15) is 9.36 Å². The largest absolute Gasteiger partial charge is 0.697 e. The fourth-order valence-corrected chi connectivity index (χ4v) is 1.70. The molecule has 3 N–H and O–H groups in total. The van der Waals surface area contributed by atoms with Gasteiger partial charge in [-0.25, -0.2) is 4.79 Å². The molecule has 18 heavy (non-hydrogen) atoms. The summed E-state index contributed by atoms with van der Waals surface area (Å²) < 4.78 is 25.5. The van der Waals surface area contributed by atoms with Crippen molar-refractivity contribution in [2.45, 2.75) is 51.9 Å². The summed E-state index contributed by atoms with van der Waals surface area (Å²) in [7, 11) is -2.73. The molecule has 0 saturated heterocycles. The first kappa shape index (κ1) is 17.2. The molecule has 7 nitrogen and oxygen atoms in total. The van der Waals surface area contributed by atoms with Crippen LogP contribution in [0.25, 0.3) is 0 Å². The standard InChI is InChI=1S/C10H20NO6P/c1-5-10(4,16-8(11)12)6-7-15-9(2,3)17-18(13)14/h5-7H2,1-4H3,(H2-,11,12,13,14)/p+1. The van der Waals surface area contributed by atoms with Gasteiger partial charge in [-0.15, -0.1) is 4.89 Å². The molecule has 8 heteroatoms. The van der Waals surface area contributed by atoms with Crippen LogP contribution in [0.1, 0.15) is 40.5 Å². The molecule has 0 aliphatic carbocycles. The van der Waals surface area contributed by atoms with E-state index in [2.05, 4.69) is 4.52 Å². The molecule has 0 spiro atoms. The highest BCUT2D eigenvalue weighted by atomic mass is 31.1. The van der Waals surface area contributed by atoms with Gasteiger partial charge in [0.05, 0.1) is 6.61 Å². The Morgan fingerprint density at radius 1 is 1.39 bits per heavy atom. The van der Waals surface area contributed by atoms with E-state index in [1.165, 1.54) is 13.8 Å². The molecule has 0 fully saturated rings. The van der Waals surface area contributed by atoms with Crippen LogP contribution in [0, 0.1) is 0 Å².